The third-order valence-electron chi connectivity index (χ3n) is 2.57. The van der Waals surface area contributed by atoms with Gasteiger partial charge in [0.15, 0.2) is 0 Å². The third-order valence-corrected chi connectivity index (χ3v) is 2.92. The molecule has 4 heteroatoms. The molecule has 0 radical (unpaired) electrons. The molecular formula is C11H16Cl2FN. The van der Waals surface area contributed by atoms with Crippen molar-refractivity contribution < 1.29 is 4.39 Å². The van der Waals surface area contributed by atoms with Crippen molar-refractivity contribution in [3.05, 3.63) is 34.6 Å². The molecule has 0 fully saturated rings. The van der Waals surface area contributed by atoms with Gasteiger partial charge >= 0.3 is 0 Å². The van der Waals surface area contributed by atoms with E-state index in [1.807, 2.05) is 6.92 Å². The highest BCUT2D eigenvalue weighted by Crippen LogP contribution is 2.28. The number of hydrogen-bond acceptors (Lipinski definition) is 1. The highest BCUT2D eigenvalue weighted by Gasteiger charge is 2.16. The Morgan fingerprint density at radius 1 is 1.47 bits per heavy atom. The first-order valence-electron chi connectivity index (χ1n) is 4.76. The minimum absolute atomic E-state index is 0. The largest absolute Gasteiger partial charge is 0.324 e. The molecule has 0 saturated carbocycles. The van der Waals surface area contributed by atoms with Crippen molar-refractivity contribution in [2.45, 2.75) is 26.3 Å². The lowest BCUT2D eigenvalue weighted by molar-refractivity contribution is 0.455. The van der Waals surface area contributed by atoms with Crippen molar-refractivity contribution in [2.24, 2.45) is 11.7 Å². The zero-order valence-electron chi connectivity index (χ0n) is 8.84. The lowest BCUT2D eigenvalue weighted by Gasteiger charge is -2.19. The highest BCUT2D eigenvalue weighted by atomic mass is 35.5. The maximum absolute atomic E-state index is 13.0. The smallest absolute Gasteiger partial charge is 0.123 e. The van der Waals surface area contributed by atoms with Crippen molar-refractivity contribution in [3.63, 3.8) is 0 Å². The molecule has 2 N–H and O–H groups in total. The molecule has 1 unspecified atom stereocenters. The molecule has 0 aliphatic heterocycles. The van der Waals surface area contributed by atoms with Crippen LogP contribution in [0, 0.1) is 11.7 Å². The summed E-state index contributed by atoms with van der Waals surface area (Å²) in [6.07, 6.45) is 0.952. The van der Waals surface area contributed by atoms with Crippen molar-refractivity contribution in [2.75, 3.05) is 0 Å². The fraction of sp³-hybridized carbons (Fsp3) is 0.455. The number of nitrogens with two attached hydrogens (primary N) is 1. The zero-order chi connectivity index (χ0) is 10.7. The Morgan fingerprint density at radius 2 is 2.07 bits per heavy atom. The van der Waals surface area contributed by atoms with E-state index < -0.39 is 0 Å². The molecule has 1 aromatic rings. The topological polar surface area (TPSA) is 26.0 Å². The first kappa shape index (κ1) is 14.7. The number of halogens is 3. The predicted molar refractivity (Wildman–Crippen MR) is 65.0 cm³/mol. The van der Waals surface area contributed by atoms with Crippen molar-refractivity contribution >= 4 is 24.0 Å². The fourth-order valence-corrected chi connectivity index (χ4v) is 1.57. The van der Waals surface area contributed by atoms with Crippen LogP contribution in [-0.2, 0) is 0 Å². The second-order valence-electron chi connectivity index (χ2n) is 3.58. The molecule has 1 aromatic carbocycles. The second kappa shape index (κ2) is 6.31. The van der Waals surface area contributed by atoms with E-state index in [1.165, 1.54) is 12.1 Å². The molecule has 0 saturated heterocycles. The molecule has 1 nitrogen and oxygen atoms in total. The van der Waals surface area contributed by atoms with E-state index in [9.17, 15) is 4.39 Å². The van der Waals surface area contributed by atoms with Crippen LogP contribution in [0.2, 0.25) is 5.02 Å². The summed E-state index contributed by atoms with van der Waals surface area (Å²) >= 11 is 5.95. The lowest BCUT2D eigenvalue weighted by atomic mass is 9.93. The predicted octanol–water partition coefficient (Wildman–Crippen LogP) is 3.95. The van der Waals surface area contributed by atoms with Crippen LogP contribution in [0.25, 0.3) is 0 Å². The molecule has 1 rings (SSSR count). The Morgan fingerprint density at radius 3 is 2.60 bits per heavy atom. The molecule has 0 bridgehead atoms. The van der Waals surface area contributed by atoms with Gasteiger partial charge in [0.1, 0.15) is 5.82 Å². The minimum atomic E-state index is -0.289. The Hall–Kier alpha value is -0.310. The number of benzene rings is 1. The van der Waals surface area contributed by atoms with E-state index in [1.54, 1.807) is 6.07 Å². The second-order valence-corrected chi connectivity index (χ2v) is 3.98. The number of hydrogen-bond donors (Lipinski definition) is 1. The van der Waals surface area contributed by atoms with Crippen LogP contribution in [0.4, 0.5) is 4.39 Å². The van der Waals surface area contributed by atoms with Crippen molar-refractivity contribution in [1.82, 2.24) is 0 Å². The van der Waals surface area contributed by atoms with Gasteiger partial charge in [-0.05, 0) is 29.7 Å². The van der Waals surface area contributed by atoms with Crippen LogP contribution >= 0.6 is 24.0 Å². The van der Waals surface area contributed by atoms with E-state index in [4.69, 9.17) is 17.3 Å². The maximum atomic E-state index is 13.0. The van der Waals surface area contributed by atoms with E-state index in [0.717, 1.165) is 6.42 Å². The van der Waals surface area contributed by atoms with Crippen LogP contribution in [-0.4, -0.2) is 0 Å². The Bertz CT molecular complexity index is 317. The average Bonchev–Trinajstić information content (AvgIpc) is 2.19. The van der Waals surface area contributed by atoms with Gasteiger partial charge in [-0.2, -0.15) is 0 Å². The molecule has 0 amide bonds. The summed E-state index contributed by atoms with van der Waals surface area (Å²) in [6, 6.07) is 4.12. The van der Waals surface area contributed by atoms with E-state index in [0.29, 0.717) is 16.5 Å². The van der Waals surface area contributed by atoms with Crippen molar-refractivity contribution in [3.8, 4) is 0 Å². The van der Waals surface area contributed by atoms with Crippen LogP contribution < -0.4 is 5.73 Å². The first-order valence-corrected chi connectivity index (χ1v) is 5.14. The van der Waals surface area contributed by atoms with Gasteiger partial charge in [-0.3, -0.25) is 0 Å². The summed E-state index contributed by atoms with van der Waals surface area (Å²) in [4.78, 5) is 0. The molecule has 0 aliphatic rings. The Balaban J connectivity index is 0.00000196. The third kappa shape index (κ3) is 3.63. The summed E-state index contributed by atoms with van der Waals surface area (Å²) < 4.78 is 13.0. The Labute approximate surface area is 101 Å². The number of rotatable bonds is 3. The van der Waals surface area contributed by atoms with Gasteiger partial charge in [-0.25, -0.2) is 4.39 Å². The van der Waals surface area contributed by atoms with Gasteiger partial charge in [-0.1, -0.05) is 31.9 Å². The van der Waals surface area contributed by atoms with E-state index in [2.05, 4.69) is 6.92 Å². The fourth-order valence-electron chi connectivity index (χ4n) is 1.33. The molecule has 0 spiro atoms. The monoisotopic (exact) mass is 251 g/mol. The maximum Gasteiger partial charge on any atom is 0.123 e. The van der Waals surface area contributed by atoms with Crippen LogP contribution in [0.5, 0.6) is 0 Å². The SMILES string of the molecule is CCC(C)[C@H](N)c1cc(F)ccc1Cl.Cl. The molecule has 2 atom stereocenters. The molecule has 0 aromatic heterocycles. The van der Waals surface area contributed by atoms with Gasteiger partial charge in [0, 0.05) is 11.1 Å². The normalized spacial score (nSPS) is 14.2. The van der Waals surface area contributed by atoms with Gasteiger partial charge in [0.05, 0.1) is 0 Å². The summed E-state index contributed by atoms with van der Waals surface area (Å²) in [5, 5.41) is 0.541. The van der Waals surface area contributed by atoms with Gasteiger partial charge in [0.25, 0.3) is 0 Å². The van der Waals surface area contributed by atoms with Gasteiger partial charge in [0.2, 0.25) is 0 Å². The summed E-state index contributed by atoms with van der Waals surface area (Å²) in [7, 11) is 0. The van der Waals surface area contributed by atoms with E-state index >= 15 is 0 Å². The Kier molecular flexibility index (Phi) is 6.18. The summed E-state index contributed by atoms with van der Waals surface area (Å²) in [5.41, 5.74) is 6.66. The summed E-state index contributed by atoms with van der Waals surface area (Å²) in [5.74, 6) is 0.0115. The quantitative estimate of drug-likeness (QED) is 0.866. The zero-order valence-corrected chi connectivity index (χ0v) is 10.4. The molecular weight excluding hydrogens is 236 g/mol. The molecule has 0 heterocycles. The molecule has 15 heavy (non-hydrogen) atoms. The van der Waals surface area contributed by atoms with Gasteiger partial charge in [-0.15, -0.1) is 12.4 Å². The van der Waals surface area contributed by atoms with Crippen LogP contribution in [0.15, 0.2) is 18.2 Å². The molecule has 86 valence electrons. The van der Waals surface area contributed by atoms with E-state index in [-0.39, 0.29) is 24.3 Å². The standard InChI is InChI=1S/C11H15ClFN.ClH/c1-3-7(2)11(14)9-6-8(13)4-5-10(9)12;/h4-7,11H,3,14H2,1-2H3;1H/t7?,11-;/m0./s1. The highest BCUT2D eigenvalue weighted by molar-refractivity contribution is 6.31. The lowest BCUT2D eigenvalue weighted by Crippen LogP contribution is -2.19. The van der Waals surface area contributed by atoms with Crippen LogP contribution in [0.1, 0.15) is 31.9 Å². The summed E-state index contributed by atoms with van der Waals surface area (Å²) in [6.45, 7) is 4.09. The minimum Gasteiger partial charge on any atom is -0.324 e. The van der Waals surface area contributed by atoms with Crippen molar-refractivity contribution in [1.29, 1.82) is 0 Å². The molecule has 0 aliphatic carbocycles. The van der Waals surface area contributed by atoms with Crippen LogP contribution in [0.3, 0.4) is 0 Å². The average molecular weight is 252 g/mol. The first-order chi connectivity index (χ1) is 6.56. The van der Waals surface area contributed by atoms with Gasteiger partial charge < -0.3 is 5.73 Å².